The van der Waals surface area contributed by atoms with Gasteiger partial charge in [-0.2, -0.15) is 0 Å². The summed E-state index contributed by atoms with van der Waals surface area (Å²) in [5, 5.41) is 4.63. The van der Waals surface area contributed by atoms with Crippen molar-refractivity contribution < 1.29 is 0 Å². The minimum Gasteiger partial charge on any atom is -0.366 e. The fourth-order valence-corrected chi connectivity index (χ4v) is 3.79. The Kier molecular flexibility index (Phi) is 5.65. The molecule has 0 aliphatic rings. The minimum atomic E-state index is 0.168. The first-order valence-corrected chi connectivity index (χ1v) is 10.8. The minimum absolute atomic E-state index is 0.168. The van der Waals surface area contributed by atoms with Crippen LogP contribution in [0.4, 0.5) is 5.82 Å². The van der Waals surface area contributed by atoms with Gasteiger partial charge in [-0.05, 0) is 58.4 Å². The number of hydrogen-bond acceptors (Lipinski definition) is 2. The highest BCUT2D eigenvalue weighted by Crippen LogP contribution is 2.30. The molecule has 4 rings (SSSR count). The van der Waals surface area contributed by atoms with E-state index in [0.717, 1.165) is 34.4 Å². The van der Waals surface area contributed by atoms with E-state index < -0.39 is 0 Å². The molecule has 0 unspecified atom stereocenters. The van der Waals surface area contributed by atoms with Gasteiger partial charge in [0, 0.05) is 11.9 Å². The van der Waals surface area contributed by atoms with E-state index in [9.17, 15) is 0 Å². The fraction of sp³-hybridized carbons (Fsp3) is 0.207. The third-order valence-corrected chi connectivity index (χ3v) is 5.67. The van der Waals surface area contributed by atoms with Gasteiger partial charge in [-0.15, -0.1) is 0 Å². The van der Waals surface area contributed by atoms with Crippen LogP contribution in [0.1, 0.15) is 44.4 Å². The molecule has 0 atom stereocenters. The molecule has 0 spiro atoms. The Balaban J connectivity index is 1.62. The molecular formula is C29H30N2. The molecule has 156 valence electrons. The van der Waals surface area contributed by atoms with Crippen molar-refractivity contribution in [2.45, 2.75) is 39.7 Å². The van der Waals surface area contributed by atoms with E-state index in [1.54, 1.807) is 0 Å². The molecular weight excluding hydrogens is 376 g/mol. The van der Waals surface area contributed by atoms with Crippen molar-refractivity contribution in [3.63, 3.8) is 0 Å². The SMILES string of the molecule is C=C(C)c1cc(NCc2ccc(C(C)(C)C)cc2)nc2ccc(-c3ccccc3)cc12. The molecule has 2 nitrogen and oxygen atoms in total. The van der Waals surface area contributed by atoms with Crippen molar-refractivity contribution in [1.29, 1.82) is 0 Å². The molecule has 0 fully saturated rings. The molecule has 0 saturated heterocycles. The zero-order valence-electron chi connectivity index (χ0n) is 18.9. The molecule has 2 heteroatoms. The topological polar surface area (TPSA) is 24.9 Å². The summed E-state index contributed by atoms with van der Waals surface area (Å²) in [6, 6.07) is 27.9. The number of hydrogen-bond donors (Lipinski definition) is 1. The van der Waals surface area contributed by atoms with E-state index in [4.69, 9.17) is 4.98 Å². The van der Waals surface area contributed by atoms with Crippen LogP contribution in [0.5, 0.6) is 0 Å². The molecule has 1 N–H and O–H groups in total. The monoisotopic (exact) mass is 406 g/mol. The highest BCUT2D eigenvalue weighted by atomic mass is 15.0. The molecule has 0 radical (unpaired) electrons. The Morgan fingerprint density at radius 2 is 1.58 bits per heavy atom. The summed E-state index contributed by atoms with van der Waals surface area (Å²) in [6.45, 7) is 13.7. The molecule has 0 amide bonds. The fourth-order valence-electron chi connectivity index (χ4n) is 3.79. The summed E-state index contributed by atoms with van der Waals surface area (Å²) in [7, 11) is 0. The first kappa shape index (κ1) is 20.9. The van der Waals surface area contributed by atoms with Crippen molar-refractivity contribution >= 4 is 22.3 Å². The Morgan fingerprint density at radius 3 is 2.23 bits per heavy atom. The smallest absolute Gasteiger partial charge is 0.127 e. The predicted octanol–water partition coefficient (Wildman–Crippen LogP) is 7.84. The lowest BCUT2D eigenvalue weighted by atomic mass is 9.87. The third-order valence-electron chi connectivity index (χ3n) is 5.67. The molecule has 1 aromatic heterocycles. The number of benzene rings is 3. The van der Waals surface area contributed by atoms with Crippen LogP contribution in [0.15, 0.2) is 85.4 Å². The molecule has 3 aromatic carbocycles. The van der Waals surface area contributed by atoms with Crippen LogP contribution in [-0.2, 0) is 12.0 Å². The number of allylic oxidation sites excluding steroid dienone is 1. The molecule has 4 aromatic rings. The molecule has 0 saturated carbocycles. The van der Waals surface area contributed by atoms with E-state index in [-0.39, 0.29) is 5.41 Å². The Morgan fingerprint density at radius 1 is 0.871 bits per heavy atom. The van der Waals surface area contributed by atoms with E-state index in [0.29, 0.717) is 0 Å². The number of pyridine rings is 1. The zero-order chi connectivity index (χ0) is 22.0. The van der Waals surface area contributed by atoms with Gasteiger partial charge < -0.3 is 5.32 Å². The number of rotatable bonds is 5. The van der Waals surface area contributed by atoms with E-state index in [1.165, 1.54) is 22.3 Å². The van der Waals surface area contributed by atoms with Gasteiger partial charge in [-0.3, -0.25) is 0 Å². The third kappa shape index (κ3) is 4.69. The summed E-state index contributed by atoms with van der Waals surface area (Å²) in [5.41, 5.74) is 8.30. The largest absolute Gasteiger partial charge is 0.366 e. The van der Waals surface area contributed by atoms with Gasteiger partial charge in [0.05, 0.1) is 5.52 Å². The Bertz CT molecular complexity index is 1210. The first-order valence-electron chi connectivity index (χ1n) is 10.8. The summed E-state index contributed by atoms with van der Waals surface area (Å²) in [5.74, 6) is 0.873. The lowest BCUT2D eigenvalue weighted by Crippen LogP contribution is -2.11. The number of fused-ring (bicyclic) bond motifs is 1. The second-order valence-electron chi connectivity index (χ2n) is 9.23. The first-order chi connectivity index (χ1) is 14.8. The van der Waals surface area contributed by atoms with Gasteiger partial charge in [0.1, 0.15) is 5.82 Å². The van der Waals surface area contributed by atoms with Crippen molar-refractivity contribution in [3.05, 3.63) is 102 Å². The second-order valence-corrected chi connectivity index (χ2v) is 9.23. The van der Waals surface area contributed by atoms with Crippen molar-refractivity contribution in [3.8, 4) is 11.1 Å². The maximum atomic E-state index is 4.87. The number of nitrogens with zero attached hydrogens (tertiary/aromatic N) is 1. The maximum Gasteiger partial charge on any atom is 0.127 e. The standard InChI is InChI=1S/C29H30N2/c1-20(2)25-18-28(30-19-21-11-14-24(15-12-21)29(3,4)5)31-27-16-13-23(17-26(25)27)22-9-7-6-8-10-22/h6-18H,1,19H2,2-5H3,(H,30,31). The van der Waals surface area contributed by atoms with Gasteiger partial charge in [0.15, 0.2) is 0 Å². The quantitative estimate of drug-likeness (QED) is 0.365. The number of nitrogens with one attached hydrogen (secondary N) is 1. The Labute approximate surface area is 185 Å². The highest BCUT2D eigenvalue weighted by Gasteiger charge is 2.13. The summed E-state index contributed by atoms with van der Waals surface area (Å²) in [6.07, 6.45) is 0. The van der Waals surface area contributed by atoms with E-state index in [2.05, 4.69) is 112 Å². The summed E-state index contributed by atoms with van der Waals surface area (Å²) in [4.78, 5) is 4.87. The predicted molar refractivity (Wildman–Crippen MR) is 134 cm³/mol. The molecule has 1 heterocycles. The summed E-state index contributed by atoms with van der Waals surface area (Å²) < 4.78 is 0. The average molecular weight is 407 g/mol. The normalized spacial score (nSPS) is 11.5. The van der Waals surface area contributed by atoms with Crippen molar-refractivity contribution in [2.24, 2.45) is 0 Å². The molecule has 0 aliphatic carbocycles. The van der Waals surface area contributed by atoms with Crippen LogP contribution in [0, 0.1) is 0 Å². The van der Waals surface area contributed by atoms with Crippen molar-refractivity contribution in [2.75, 3.05) is 5.32 Å². The highest BCUT2D eigenvalue weighted by molar-refractivity contribution is 5.95. The maximum absolute atomic E-state index is 4.87. The second kappa shape index (κ2) is 8.39. The van der Waals surface area contributed by atoms with Gasteiger partial charge in [0.25, 0.3) is 0 Å². The van der Waals surface area contributed by atoms with E-state index >= 15 is 0 Å². The van der Waals surface area contributed by atoms with Crippen LogP contribution >= 0.6 is 0 Å². The van der Waals surface area contributed by atoms with Gasteiger partial charge in [0.2, 0.25) is 0 Å². The van der Waals surface area contributed by atoms with Crippen LogP contribution in [0.25, 0.3) is 27.6 Å². The number of anilines is 1. The van der Waals surface area contributed by atoms with Crippen LogP contribution < -0.4 is 5.32 Å². The lowest BCUT2D eigenvalue weighted by Gasteiger charge is -2.19. The number of aromatic nitrogens is 1. The lowest BCUT2D eigenvalue weighted by molar-refractivity contribution is 0.590. The molecule has 0 aliphatic heterocycles. The van der Waals surface area contributed by atoms with Gasteiger partial charge in [-0.1, -0.05) is 93.6 Å². The summed E-state index contributed by atoms with van der Waals surface area (Å²) >= 11 is 0. The van der Waals surface area contributed by atoms with Crippen LogP contribution in [0.2, 0.25) is 0 Å². The zero-order valence-corrected chi connectivity index (χ0v) is 18.9. The molecule has 31 heavy (non-hydrogen) atoms. The Hall–Kier alpha value is -3.39. The van der Waals surface area contributed by atoms with E-state index in [1.807, 2.05) is 6.07 Å². The van der Waals surface area contributed by atoms with Crippen molar-refractivity contribution in [1.82, 2.24) is 4.98 Å². The van der Waals surface area contributed by atoms with Crippen LogP contribution in [0.3, 0.4) is 0 Å². The van der Waals surface area contributed by atoms with Gasteiger partial charge in [-0.25, -0.2) is 4.98 Å². The van der Waals surface area contributed by atoms with Gasteiger partial charge >= 0.3 is 0 Å². The molecule has 0 bridgehead atoms. The van der Waals surface area contributed by atoms with Crippen LogP contribution in [-0.4, -0.2) is 4.98 Å². The average Bonchev–Trinajstić information content (AvgIpc) is 2.77.